The molecule has 1 heterocycles. The summed E-state index contributed by atoms with van der Waals surface area (Å²) < 4.78 is 0. The van der Waals surface area contributed by atoms with Gasteiger partial charge in [-0.25, -0.2) is 0 Å². The van der Waals surface area contributed by atoms with Crippen LogP contribution in [0.25, 0.3) is 0 Å². The topological polar surface area (TPSA) is 55.8 Å². The Morgan fingerprint density at radius 2 is 2.00 bits per heavy atom. The zero-order valence-corrected chi connectivity index (χ0v) is 11.4. The standard InChI is InChI=1S/C12H25N3O2/c1-10(15-7-5-13-6-8-15)11(16)14(4)9-12(2,3)17/h10,13,17H,5-9H2,1-4H3. The van der Waals surface area contributed by atoms with Crippen molar-refractivity contribution in [1.82, 2.24) is 15.1 Å². The van der Waals surface area contributed by atoms with Crippen molar-refractivity contribution < 1.29 is 9.90 Å². The van der Waals surface area contributed by atoms with Crippen LogP contribution in [0.1, 0.15) is 20.8 Å². The van der Waals surface area contributed by atoms with Gasteiger partial charge in [-0.15, -0.1) is 0 Å². The molecule has 5 nitrogen and oxygen atoms in total. The van der Waals surface area contributed by atoms with Crippen LogP contribution in [0.4, 0.5) is 0 Å². The number of nitrogens with one attached hydrogen (secondary N) is 1. The zero-order chi connectivity index (χ0) is 13.1. The van der Waals surface area contributed by atoms with E-state index >= 15 is 0 Å². The molecule has 2 N–H and O–H groups in total. The van der Waals surface area contributed by atoms with Crippen molar-refractivity contribution in [2.75, 3.05) is 39.8 Å². The molecule has 0 aliphatic carbocycles. The second-order valence-corrected chi connectivity index (χ2v) is 5.47. The van der Waals surface area contributed by atoms with Gasteiger partial charge in [-0.1, -0.05) is 0 Å². The fourth-order valence-corrected chi connectivity index (χ4v) is 2.20. The van der Waals surface area contributed by atoms with Crippen molar-refractivity contribution in [3.8, 4) is 0 Å². The number of nitrogens with zero attached hydrogens (tertiary/aromatic N) is 2. The van der Waals surface area contributed by atoms with E-state index < -0.39 is 5.60 Å². The summed E-state index contributed by atoms with van der Waals surface area (Å²) >= 11 is 0. The molecule has 0 radical (unpaired) electrons. The molecule has 0 aromatic carbocycles. The Kier molecular flexibility index (Phi) is 4.91. The Labute approximate surface area is 104 Å². The summed E-state index contributed by atoms with van der Waals surface area (Å²) in [5.74, 6) is 0.0778. The van der Waals surface area contributed by atoms with Gasteiger partial charge in [0.2, 0.25) is 5.91 Å². The van der Waals surface area contributed by atoms with Gasteiger partial charge in [0.15, 0.2) is 0 Å². The third kappa shape index (κ3) is 4.61. The number of hydrogen-bond acceptors (Lipinski definition) is 4. The molecule has 0 aromatic rings. The lowest BCUT2D eigenvalue weighted by Gasteiger charge is -2.35. The SMILES string of the molecule is CC(C(=O)N(C)CC(C)(C)O)N1CCNCC1. The summed E-state index contributed by atoms with van der Waals surface area (Å²) in [4.78, 5) is 16.0. The largest absolute Gasteiger partial charge is 0.389 e. The number of likely N-dealkylation sites (N-methyl/N-ethyl adjacent to an activating group) is 1. The minimum absolute atomic E-state index is 0.0778. The van der Waals surface area contributed by atoms with Crippen molar-refractivity contribution >= 4 is 5.91 Å². The van der Waals surface area contributed by atoms with Gasteiger partial charge in [0.05, 0.1) is 11.6 Å². The van der Waals surface area contributed by atoms with Crippen LogP contribution in [0.3, 0.4) is 0 Å². The maximum Gasteiger partial charge on any atom is 0.239 e. The van der Waals surface area contributed by atoms with Gasteiger partial charge in [0, 0.05) is 39.8 Å². The first-order valence-electron chi connectivity index (χ1n) is 6.23. The predicted molar refractivity (Wildman–Crippen MR) is 67.8 cm³/mol. The van der Waals surface area contributed by atoms with Crippen LogP contribution in [0.2, 0.25) is 0 Å². The van der Waals surface area contributed by atoms with Gasteiger partial charge in [-0.05, 0) is 20.8 Å². The monoisotopic (exact) mass is 243 g/mol. The molecule has 17 heavy (non-hydrogen) atoms. The summed E-state index contributed by atoms with van der Waals surface area (Å²) in [7, 11) is 1.75. The fourth-order valence-electron chi connectivity index (χ4n) is 2.20. The number of carbonyl (C=O) groups is 1. The molecule has 0 spiro atoms. The molecule has 1 fully saturated rings. The van der Waals surface area contributed by atoms with E-state index in [0.29, 0.717) is 6.54 Å². The summed E-state index contributed by atoms with van der Waals surface area (Å²) in [5, 5.41) is 13.0. The van der Waals surface area contributed by atoms with Crippen LogP contribution in [-0.4, -0.2) is 72.2 Å². The molecule has 0 bridgehead atoms. The first kappa shape index (κ1) is 14.4. The Morgan fingerprint density at radius 1 is 1.47 bits per heavy atom. The highest BCUT2D eigenvalue weighted by molar-refractivity contribution is 5.81. The molecule has 1 saturated heterocycles. The predicted octanol–water partition coefficient (Wildman–Crippen LogP) is -0.491. The minimum Gasteiger partial charge on any atom is -0.389 e. The minimum atomic E-state index is -0.840. The molecule has 0 aromatic heterocycles. The van der Waals surface area contributed by atoms with Crippen molar-refractivity contribution in [2.45, 2.75) is 32.4 Å². The number of aliphatic hydroxyl groups is 1. The van der Waals surface area contributed by atoms with Crippen molar-refractivity contribution in [2.24, 2.45) is 0 Å². The van der Waals surface area contributed by atoms with Crippen LogP contribution in [-0.2, 0) is 4.79 Å². The average Bonchev–Trinajstić information content (AvgIpc) is 2.26. The number of carbonyl (C=O) groups excluding carboxylic acids is 1. The molecule has 1 aliphatic rings. The van der Waals surface area contributed by atoms with Gasteiger partial charge in [-0.2, -0.15) is 0 Å². The second-order valence-electron chi connectivity index (χ2n) is 5.47. The van der Waals surface area contributed by atoms with E-state index in [2.05, 4.69) is 10.2 Å². The van der Waals surface area contributed by atoms with Gasteiger partial charge >= 0.3 is 0 Å². The molecular weight excluding hydrogens is 218 g/mol. The number of amides is 1. The number of piperazine rings is 1. The van der Waals surface area contributed by atoms with Crippen molar-refractivity contribution in [3.63, 3.8) is 0 Å². The first-order chi connectivity index (χ1) is 7.81. The van der Waals surface area contributed by atoms with Gasteiger partial charge in [-0.3, -0.25) is 9.69 Å². The maximum absolute atomic E-state index is 12.2. The lowest BCUT2D eigenvalue weighted by atomic mass is 10.1. The van der Waals surface area contributed by atoms with E-state index in [0.717, 1.165) is 26.2 Å². The summed E-state index contributed by atoms with van der Waals surface area (Å²) in [5.41, 5.74) is -0.840. The third-order valence-corrected chi connectivity index (χ3v) is 3.06. The van der Waals surface area contributed by atoms with E-state index in [1.54, 1.807) is 25.8 Å². The Bertz CT molecular complexity index is 257. The fraction of sp³-hybridized carbons (Fsp3) is 0.917. The zero-order valence-electron chi connectivity index (χ0n) is 11.4. The van der Waals surface area contributed by atoms with Crippen LogP contribution < -0.4 is 5.32 Å². The Morgan fingerprint density at radius 3 is 2.47 bits per heavy atom. The van der Waals surface area contributed by atoms with Gasteiger partial charge in [0.1, 0.15) is 0 Å². The molecule has 5 heteroatoms. The average molecular weight is 243 g/mol. The van der Waals surface area contributed by atoms with E-state index in [1.807, 2.05) is 6.92 Å². The van der Waals surface area contributed by atoms with Crippen LogP contribution in [0, 0.1) is 0 Å². The van der Waals surface area contributed by atoms with Gasteiger partial charge < -0.3 is 15.3 Å². The number of rotatable bonds is 4. The maximum atomic E-state index is 12.2. The first-order valence-corrected chi connectivity index (χ1v) is 6.23. The normalized spacial score (nSPS) is 20.1. The highest BCUT2D eigenvalue weighted by Crippen LogP contribution is 2.08. The highest BCUT2D eigenvalue weighted by atomic mass is 16.3. The van der Waals surface area contributed by atoms with E-state index in [-0.39, 0.29) is 11.9 Å². The molecular formula is C12H25N3O2. The highest BCUT2D eigenvalue weighted by Gasteiger charge is 2.27. The molecule has 1 amide bonds. The smallest absolute Gasteiger partial charge is 0.239 e. The summed E-state index contributed by atoms with van der Waals surface area (Å²) in [6.45, 7) is 9.42. The van der Waals surface area contributed by atoms with Crippen molar-refractivity contribution in [3.05, 3.63) is 0 Å². The molecule has 1 unspecified atom stereocenters. The van der Waals surface area contributed by atoms with Crippen LogP contribution in [0.5, 0.6) is 0 Å². The molecule has 1 atom stereocenters. The number of hydrogen-bond donors (Lipinski definition) is 2. The van der Waals surface area contributed by atoms with Crippen LogP contribution >= 0.6 is 0 Å². The second kappa shape index (κ2) is 5.80. The Balaban J connectivity index is 2.50. The van der Waals surface area contributed by atoms with E-state index in [9.17, 15) is 9.90 Å². The quantitative estimate of drug-likeness (QED) is 0.699. The summed E-state index contributed by atoms with van der Waals surface area (Å²) in [6, 6.07) is -0.107. The molecule has 100 valence electrons. The van der Waals surface area contributed by atoms with E-state index in [1.165, 1.54) is 0 Å². The Hall–Kier alpha value is -0.650. The molecule has 1 aliphatic heterocycles. The lowest BCUT2D eigenvalue weighted by molar-refractivity contribution is -0.138. The van der Waals surface area contributed by atoms with Gasteiger partial charge in [0.25, 0.3) is 0 Å². The molecule has 1 rings (SSSR count). The third-order valence-electron chi connectivity index (χ3n) is 3.06. The van der Waals surface area contributed by atoms with Crippen molar-refractivity contribution in [1.29, 1.82) is 0 Å². The van der Waals surface area contributed by atoms with E-state index in [4.69, 9.17) is 0 Å². The summed E-state index contributed by atoms with van der Waals surface area (Å²) in [6.07, 6.45) is 0. The lowest BCUT2D eigenvalue weighted by Crippen LogP contribution is -2.54. The molecule has 0 saturated carbocycles. The van der Waals surface area contributed by atoms with Crippen LogP contribution in [0.15, 0.2) is 0 Å².